The second-order valence-electron chi connectivity index (χ2n) is 12.4. The number of hydrogen-bond acceptors (Lipinski definition) is 2. The van der Waals surface area contributed by atoms with Crippen molar-refractivity contribution in [1.29, 1.82) is 0 Å². The Bertz CT molecular complexity index is 366. The van der Waals surface area contributed by atoms with E-state index in [0.717, 1.165) is 18.9 Å². The predicted octanol–water partition coefficient (Wildman–Crippen LogP) is 13.4. The highest BCUT2D eigenvalue weighted by atomic mass is 19.4. The summed E-state index contributed by atoms with van der Waals surface area (Å²) in [5, 5.41) is 8.72. The lowest BCUT2D eigenvalue weighted by Crippen LogP contribution is -2.10. The quantitative estimate of drug-likeness (QED) is 0.280. The Morgan fingerprint density at radius 2 is 0.925 bits per heavy atom. The molecule has 0 aliphatic carbocycles. The topological polar surface area (TPSA) is 29.5 Å². The van der Waals surface area contributed by atoms with Crippen molar-refractivity contribution >= 4 is 0 Å². The van der Waals surface area contributed by atoms with Gasteiger partial charge in [0.2, 0.25) is 6.43 Å². The summed E-state index contributed by atoms with van der Waals surface area (Å²) in [7, 11) is 0. The molecule has 0 amide bonds. The van der Waals surface area contributed by atoms with E-state index in [0.29, 0.717) is 17.4 Å². The summed E-state index contributed by atoms with van der Waals surface area (Å²) >= 11 is 0. The summed E-state index contributed by atoms with van der Waals surface area (Å²) in [6.07, 6.45) is -4.23. The molecule has 1 N–H and O–H groups in total. The third kappa shape index (κ3) is 119. The first-order valence-electron chi connectivity index (χ1n) is 13.5. The van der Waals surface area contributed by atoms with Gasteiger partial charge in [0.15, 0.2) is 0 Å². The maximum atomic E-state index is 11.3. The fourth-order valence-electron chi connectivity index (χ4n) is 3.06. The monoisotopic (exact) mass is 603 g/mol. The second kappa shape index (κ2) is 36.6. The maximum absolute atomic E-state index is 11.3. The van der Waals surface area contributed by atoms with Gasteiger partial charge < -0.3 is 9.84 Å². The van der Waals surface area contributed by atoms with Gasteiger partial charge in [0.1, 0.15) is 0 Å². The first kappa shape index (κ1) is 63.0. The molecule has 0 aliphatic rings. The minimum absolute atomic E-state index is 0. The van der Waals surface area contributed by atoms with Gasteiger partial charge in [0.05, 0.1) is 12.2 Å². The van der Waals surface area contributed by atoms with Gasteiger partial charge in [-0.3, -0.25) is 0 Å². The van der Waals surface area contributed by atoms with Crippen LogP contribution in [0.5, 0.6) is 0 Å². The van der Waals surface area contributed by atoms with E-state index in [2.05, 4.69) is 48.5 Å². The van der Waals surface area contributed by atoms with Crippen LogP contribution in [0.1, 0.15) is 159 Å². The predicted molar refractivity (Wildman–Crippen MR) is 175 cm³/mol. The number of hydrogen-bond donors (Lipinski definition) is 1. The number of aliphatic hydroxyl groups is 1. The molecule has 0 aliphatic heterocycles. The molecule has 258 valence electrons. The van der Waals surface area contributed by atoms with E-state index in [4.69, 9.17) is 9.84 Å². The van der Waals surface area contributed by atoms with Gasteiger partial charge in [-0.25, -0.2) is 8.78 Å². The van der Waals surface area contributed by atoms with Crippen molar-refractivity contribution in [2.75, 3.05) is 6.61 Å². The molecule has 1 atom stereocenters. The smallest absolute Gasteiger partial charge is 0.389 e. The van der Waals surface area contributed by atoms with Crippen molar-refractivity contribution in [3.63, 3.8) is 0 Å². The van der Waals surface area contributed by atoms with Crippen LogP contribution in [0.15, 0.2) is 0 Å². The van der Waals surface area contributed by atoms with Gasteiger partial charge >= 0.3 is 6.18 Å². The van der Waals surface area contributed by atoms with Gasteiger partial charge in [-0.1, -0.05) is 106 Å². The van der Waals surface area contributed by atoms with E-state index in [-0.39, 0.29) is 54.1 Å². The average molecular weight is 603 g/mol. The Labute approximate surface area is 251 Å². The van der Waals surface area contributed by atoms with Crippen molar-refractivity contribution in [2.24, 2.45) is 29.1 Å². The highest BCUT2D eigenvalue weighted by Crippen LogP contribution is 2.24. The Hall–Kier alpha value is -0.430. The SMILES string of the molecule is C.C.C.C.CC(C)CC(C)(C)C.CC(C)CC(C)O.CC(C)CC(F)(F)F.CC(C)CC(F)F.CCOC(C)C. The van der Waals surface area contributed by atoms with Crippen LogP contribution in [-0.4, -0.2) is 36.5 Å². The van der Waals surface area contributed by atoms with Crippen molar-refractivity contribution < 1.29 is 31.8 Å². The minimum Gasteiger partial charge on any atom is -0.393 e. The van der Waals surface area contributed by atoms with Crippen molar-refractivity contribution in [3.8, 4) is 0 Å². The zero-order chi connectivity index (χ0) is 30.3. The second-order valence-corrected chi connectivity index (χ2v) is 12.4. The molecule has 7 heteroatoms. The molecule has 0 bridgehead atoms. The number of aliphatic hydroxyl groups excluding tert-OH is 1. The first-order chi connectivity index (χ1) is 15.9. The van der Waals surface area contributed by atoms with Crippen LogP contribution in [0.2, 0.25) is 0 Å². The standard InChI is InChI=1S/C8H18.C6H14O.C5H9F3.C5H10F2.C5H12O.4CH4/c1-7(2)6-8(3,4)5;1-5(2)4-6(3)7;1-4(2)3-5(6,7)8;1-4(2)3-5(6)7;1-4-6-5(2)3;;;;/h7H,6H2,1-5H3;5-7H,4H2,1-3H3;4H,3H2,1-2H3;4-5H,3H2,1-2H3;5H,4H2,1-3H3;4*1H4. The van der Waals surface area contributed by atoms with Crippen LogP contribution in [0.4, 0.5) is 22.0 Å². The van der Waals surface area contributed by atoms with E-state index in [1.165, 1.54) is 6.42 Å². The van der Waals surface area contributed by atoms with Crippen LogP contribution >= 0.6 is 0 Å². The van der Waals surface area contributed by atoms with Crippen molar-refractivity contribution in [2.45, 2.75) is 184 Å². The molecule has 0 aromatic rings. The van der Waals surface area contributed by atoms with E-state index in [9.17, 15) is 22.0 Å². The molecule has 0 saturated carbocycles. The molecular formula is C33H79F5O2. The summed E-state index contributed by atoms with van der Waals surface area (Å²) in [4.78, 5) is 0. The van der Waals surface area contributed by atoms with Crippen molar-refractivity contribution in [3.05, 3.63) is 0 Å². The minimum atomic E-state index is -3.98. The lowest BCUT2D eigenvalue weighted by molar-refractivity contribution is -0.141. The van der Waals surface area contributed by atoms with Gasteiger partial charge in [-0.15, -0.1) is 0 Å². The van der Waals surface area contributed by atoms with E-state index >= 15 is 0 Å². The van der Waals surface area contributed by atoms with Crippen LogP contribution < -0.4 is 0 Å². The summed E-state index contributed by atoms with van der Waals surface area (Å²) in [5.41, 5.74) is 0.522. The third-order valence-electron chi connectivity index (χ3n) is 3.62. The molecule has 0 rings (SSSR count). The molecule has 0 aromatic heterocycles. The molecule has 0 radical (unpaired) electrons. The number of alkyl halides is 5. The van der Waals surface area contributed by atoms with Gasteiger partial charge in [0.25, 0.3) is 0 Å². The largest absolute Gasteiger partial charge is 0.393 e. The maximum Gasteiger partial charge on any atom is 0.389 e. The molecule has 1 unspecified atom stereocenters. The molecule has 0 saturated heterocycles. The molecule has 0 heterocycles. The van der Waals surface area contributed by atoms with E-state index in [1.807, 2.05) is 27.7 Å². The Kier molecular flexibility index (Phi) is 57.6. The highest BCUT2D eigenvalue weighted by molar-refractivity contribution is 4.62. The Morgan fingerprint density at radius 1 is 0.600 bits per heavy atom. The molecule has 40 heavy (non-hydrogen) atoms. The van der Waals surface area contributed by atoms with Crippen LogP contribution in [0, 0.1) is 29.1 Å². The fourth-order valence-corrected chi connectivity index (χ4v) is 3.06. The lowest BCUT2D eigenvalue weighted by Gasteiger charge is -2.19. The Morgan fingerprint density at radius 3 is 0.925 bits per heavy atom. The van der Waals surface area contributed by atoms with E-state index in [1.54, 1.807) is 27.7 Å². The van der Waals surface area contributed by atoms with E-state index < -0.39 is 19.0 Å². The molecule has 0 spiro atoms. The lowest BCUT2D eigenvalue weighted by atomic mass is 9.86. The third-order valence-corrected chi connectivity index (χ3v) is 3.62. The summed E-state index contributed by atoms with van der Waals surface area (Å²) in [6, 6.07) is 0. The summed E-state index contributed by atoms with van der Waals surface area (Å²) < 4.78 is 61.5. The first-order valence-corrected chi connectivity index (χ1v) is 13.5. The van der Waals surface area contributed by atoms with Gasteiger partial charge in [-0.2, -0.15) is 13.2 Å². The van der Waals surface area contributed by atoms with Crippen molar-refractivity contribution in [1.82, 2.24) is 0 Å². The Balaban J connectivity index is -0.0000000420. The van der Waals surface area contributed by atoms with Crippen LogP contribution in [0.3, 0.4) is 0 Å². The number of rotatable bonds is 8. The normalized spacial score (nSPS) is 11.2. The zero-order valence-corrected chi connectivity index (χ0v) is 26.3. The zero-order valence-electron chi connectivity index (χ0n) is 26.3. The molecule has 0 aromatic carbocycles. The molecular weight excluding hydrogens is 523 g/mol. The number of ether oxygens (including phenoxy) is 1. The number of halogens is 5. The summed E-state index contributed by atoms with van der Waals surface area (Å²) in [6.45, 7) is 31.0. The summed E-state index contributed by atoms with van der Waals surface area (Å²) in [5.74, 6) is 1.31. The van der Waals surface area contributed by atoms with Gasteiger partial charge in [0, 0.05) is 19.4 Å². The molecule has 0 fully saturated rings. The fraction of sp³-hybridized carbons (Fsp3) is 1.00. The molecule has 2 nitrogen and oxygen atoms in total. The van der Waals surface area contributed by atoms with Crippen LogP contribution in [-0.2, 0) is 4.74 Å². The van der Waals surface area contributed by atoms with Crippen LogP contribution in [0.25, 0.3) is 0 Å². The van der Waals surface area contributed by atoms with Gasteiger partial charge in [-0.05, 0) is 69.6 Å². The highest BCUT2D eigenvalue weighted by Gasteiger charge is 2.27. The average Bonchev–Trinajstić information content (AvgIpc) is 2.48.